The number of esters is 2. The van der Waals surface area contributed by atoms with Crippen molar-refractivity contribution in [1.82, 2.24) is 4.90 Å². The minimum Gasteiger partial charge on any atom is -0.465 e. The number of nitrogens with zero attached hydrogens (tertiary/aromatic N) is 1. The van der Waals surface area contributed by atoms with E-state index >= 15 is 0 Å². The molecule has 0 saturated carbocycles. The zero-order chi connectivity index (χ0) is 41.2. The predicted molar refractivity (Wildman–Crippen MR) is 238 cm³/mol. The standard InChI is InChI=1S/C49H97NO6/c1-5-9-13-17-19-25-34-45(32-23-15-11-7-3)43-55-48(53)37-27-21-22-30-39-50(40-31-41-51)42-47(52)36-28-29-38-49(54)56-44-46(33-24-16-12-8-4)35-26-20-18-14-10-6-2/h45-47,51-52H,5-44H2,1-4H3. The summed E-state index contributed by atoms with van der Waals surface area (Å²) in [6, 6.07) is 0. The molecule has 0 aromatic rings. The van der Waals surface area contributed by atoms with Crippen LogP contribution in [0.1, 0.15) is 246 Å². The minimum absolute atomic E-state index is 0.0436. The largest absolute Gasteiger partial charge is 0.465 e. The number of carbonyl (C=O) groups is 2. The SMILES string of the molecule is CCCCCCCCC(CCCCCC)COC(=O)CCCCCCN(CCCO)CC(O)CCCCC(=O)OCC(CCCCCC)CCCCCCCC. The normalized spacial score (nSPS) is 13.3. The van der Waals surface area contributed by atoms with Crippen molar-refractivity contribution in [2.45, 2.75) is 252 Å². The monoisotopic (exact) mass is 796 g/mol. The molecule has 0 amide bonds. The minimum atomic E-state index is -0.444. The van der Waals surface area contributed by atoms with Crippen LogP contribution in [0, 0.1) is 11.8 Å². The summed E-state index contributed by atoms with van der Waals surface area (Å²) in [4.78, 5) is 27.4. The van der Waals surface area contributed by atoms with Gasteiger partial charge >= 0.3 is 11.9 Å². The lowest BCUT2D eigenvalue weighted by molar-refractivity contribution is -0.146. The molecule has 0 saturated heterocycles. The Morgan fingerprint density at radius 1 is 0.446 bits per heavy atom. The number of carbonyl (C=O) groups excluding carboxylic acids is 2. The zero-order valence-corrected chi connectivity index (χ0v) is 38.0. The molecule has 0 fully saturated rings. The first-order valence-corrected chi connectivity index (χ1v) is 24.7. The first kappa shape index (κ1) is 54.8. The van der Waals surface area contributed by atoms with Gasteiger partial charge in [-0.1, -0.05) is 175 Å². The molecule has 56 heavy (non-hydrogen) atoms. The van der Waals surface area contributed by atoms with E-state index in [0.717, 1.165) is 64.5 Å². The van der Waals surface area contributed by atoms with Gasteiger partial charge in [-0.2, -0.15) is 0 Å². The Morgan fingerprint density at radius 2 is 0.786 bits per heavy atom. The Morgan fingerprint density at radius 3 is 1.23 bits per heavy atom. The Bertz CT molecular complexity index is 824. The van der Waals surface area contributed by atoms with Crippen molar-refractivity contribution < 1.29 is 29.3 Å². The van der Waals surface area contributed by atoms with Gasteiger partial charge in [-0.15, -0.1) is 0 Å². The fourth-order valence-corrected chi connectivity index (χ4v) is 7.92. The van der Waals surface area contributed by atoms with Gasteiger partial charge in [-0.25, -0.2) is 0 Å². The molecular formula is C49H97NO6. The van der Waals surface area contributed by atoms with E-state index in [1.807, 2.05) is 0 Å². The smallest absolute Gasteiger partial charge is 0.305 e. The molecule has 0 aliphatic carbocycles. The quantitative estimate of drug-likeness (QED) is 0.0468. The highest BCUT2D eigenvalue weighted by molar-refractivity contribution is 5.69. The Labute approximate surface area is 348 Å². The van der Waals surface area contributed by atoms with E-state index in [9.17, 15) is 19.8 Å². The van der Waals surface area contributed by atoms with Gasteiger partial charge in [0.1, 0.15) is 0 Å². The predicted octanol–water partition coefficient (Wildman–Crippen LogP) is 13.3. The summed E-state index contributed by atoms with van der Waals surface area (Å²) in [5.41, 5.74) is 0. The van der Waals surface area contributed by atoms with Crippen LogP contribution in [-0.4, -0.2) is 72.6 Å². The summed E-state index contributed by atoms with van der Waals surface area (Å²) in [6.07, 6.45) is 37.7. The molecule has 0 aliphatic rings. The van der Waals surface area contributed by atoms with Gasteiger partial charge in [0.15, 0.2) is 0 Å². The average molecular weight is 796 g/mol. The van der Waals surface area contributed by atoms with Gasteiger partial charge in [0.05, 0.1) is 19.3 Å². The maximum absolute atomic E-state index is 12.6. The maximum atomic E-state index is 12.6. The van der Waals surface area contributed by atoms with Gasteiger partial charge in [-0.05, 0) is 76.2 Å². The van der Waals surface area contributed by atoms with E-state index in [2.05, 4.69) is 32.6 Å². The van der Waals surface area contributed by atoms with Crippen molar-refractivity contribution in [1.29, 1.82) is 0 Å². The summed E-state index contributed by atoms with van der Waals surface area (Å²) in [7, 11) is 0. The molecule has 0 aliphatic heterocycles. The lowest BCUT2D eigenvalue weighted by Gasteiger charge is -2.25. The van der Waals surface area contributed by atoms with Crippen LogP contribution in [0.25, 0.3) is 0 Å². The van der Waals surface area contributed by atoms with Crippen molar-refractivity contribution in [2.75, 3.05) is 39.5 Å². The molecule has 2 N–H and O–H groups in total. The molecule has 0 aromatic heterocycles. The van der Waals surface area contributed by atoms with Crippen LogP contribution < -0.4 is 0 Å². The van der Waals surface area contributed by atoms with Crippen LogP contribution in [0.4, 0.5) is 0 Å². The molecule has 3 unspecified atom stereocenters. The third kappa shape index (κ3) is 38.3. The molecule has 3 atom stereocenters. The third-order valence-corrected chi connectivity index (χ3v) is 11.7. The van der Waals surface area contributed by atoms with Crippen molar-refractivity contribution >= 4 is 11.9 Å². The van der Waals surface area contributed by atoms with Crippen molar-refractivity contribution in [3.05, 3.63) is 0 Å². The number of ether oxygens (including phenoxy) is 2. The summed E-state index contributed by atoms with van der Waals surface area (Å²) < 4.78 is 11.6. The lowest BCUT2D eigenvalue weighted by Crippen LogP contribution is -2.34. The fraction of sp³-hybridized carbons (Fsp3) is 0.959. The van der Waals surface area contributed by atoms with E-state index in [1.54, 1.807) is 0 Å². The second-order valence-electron chi connectivity index (χ2n) is 17.4. The zero-order valence-electron chi connectivity index (χ0n) is 38.0. The molecular weight excluding hydrogens is 699 g/mol. The number of aliphatic hydroxyl groups excluding tert-OH is 2. The molecule has 0 spiro atoms. The van der Waals surface area contributed by atoms with Gasteiger partial charge in [0.2, 0.25) is 0 Å². The number of aliphatic hydroxyl groups is 2. The average Bonchev–Trinajstić information content (AvgIpc) is 3.19. The first-order chi connectivity index (χ1) is 27.4. The maximum Gasteiger partial charge on any atom is 0.305 e. The van der Waals surface area contributed by atoms with Crippen LogP contribution in [0.3, 0.4) is 0 Å². The highest BCUT2D eigenvalue weighted by Crippen LogP contribution is 2.22. The van der Waals surface area contributed by atoms with Crippen LogP contribution in [0.2, 0.25) is 0 Å². The van der Waals surface area contributed by atoms with Gasteiger partial charge in [-0.3, -0.25) is 9.59 Å². The fourth-order valence-electron chi connectivity index (χ4n) is 7.92. The number of rotatable bonds is 45. The van der Waals surface area contributed by atoms with Crippen LogP contribution >= 0.6 is 0 Å². The van der Waals surface area contributed by atoms with Crippen molar-refractivity contribution in [2.24, 2.45) is 11.8 Å². The molecule has 0 heterocycles. The number of hydrogen-bond donors (Lipinski definition) is 2. The van der Waals surface area contributed by atoms with E-state index in [4.69, 9.17) is 9.47 Å². The lowest BCUT2D eigenvalue weighted by atomic mass is 9.95. The Kier molecular flexibility index (Phi) is 42.5. The Hall–Kier alpha value is -1.18. The van der Waals surface area contributed by atoms with Gasteiger partial charge in [0, 0.05) is 32.5 Å². The summed E-state index contributed by atoms with van der Waals surface area (Å²) in [5, 5.41) is 20.3. The third-order valence-electron chi connectivity index (χ3n) is 11.7. The molecule has 7 heteroatoms. The van der Waals surface area contributed by atoms with Gasteiger partial charge in [0.25, 0.3) is 0 Å². The summed E-state index contributed by atoms with van der Waals surface area (Å²) in [6.45, 7) is 12.5. The molecule has 334 valence electrons. The van der Waals surface area contributed by atoms with Crippen molar-refractivity contribution in [3.8, 4) is 0 Å². The van der Waals surface area contributed by atoms with Gasteiger partial charge < -0.3 is 24.6 Å². The Balaban J connectivity index is 4.34. The van der Waals surface area contributed by atoms with E-state index < -0.39 is 6.10 Å². The van der Waals surface area contributed by atoms with E-state index in [-0.39, 0.29) is 18.5 Å². The highest BCUT2D eigenvalue weighted by atomic mass is 16.5. The van der Waals surface area contributed by atoms with E-state index in [0.29, 0.717) is 57.3 Å². The van der Waals surface area contributed by atoms with Crippen LogP contribution in [0.15, 0.2) is 0 Å². The molecule has 0 radical (unpaired) electrons. The molecule has 0 rings (SSSR count). The second kappa shape index (κ2) is 43.4. The molecule has 0 aromatic carbocycles. The molecule has 7 nitrogen and oxygen atoms in total. The van der Waals surface area contributed by atoms with Crippen LogP contribution in [0.5, 0.6) is 0 Å². The van der Waals surface area contributed by atoms with Crippen LogP contribution in [-0.2, 0) is 19.1 Å². The number of hydrogen-bond acceptors (Lipinski definition) is 7. The highest BCUT2D eigenvalue weighted by Gasteiger charge is 2.16. The topological polar surface area (TPSA) is 96.3 Å². The summed E-state index contributed by atoms with van der Waals surface area (Å²) in [5.74, 6) is 0.852. The summed E-state index contributed by atoms with van der Waals surface area (Å²) >= 11 is 0. The van der Waals surface area contributed by atoms with Crippen molar-refractivity contribution in [3.63, 3.8) is 0 Å². The molecule has 0 bridgehead atoms. The van der Waals surface area contributed by atoms with E-state index in [1.165, 1.54) is 141 Å². The second-order valence-corrected chi connectivity index (χ2v) is 17.4. The first-order valence-electron chi connectivity index (χ1n) is 24.7. The number of unbranched alkanes of at least 4 members (excludes halogenated alkanes) is 20.